The van der Waals surface area contributed by atoms with Crippen molar-refractivity contribution >= 4 is 81.3 Å². The Kier molecular flexibility index (Phi) is 20.7. The van der Waals surface area contributed by atoms with Crippen LogP contribution in [0, 0.1) is 0 Å². The second-order valence-corrected chi connectivity index (χ2v) is 15.1. The van der Waals surface area contributed by atoms with E-state index in [0.29, 0.717) is 54.0 Å². The first-order valence-corrected chi connectivity index (χ1v) is 20.0. The van der Waals surface area contributed by atoms with Gasteiger partial charge in [-0.2, -0.15) is 19.9 Å². The van der Waals surface area contributed by atoms with Crippen LogP contribution in [0.4, 0.5) is 23.5 Å². The van der Waals surface area contributed by atoms with Gasteiger partial charge in [-0.25, -0.2) is 4.79 Å². The molecule has 4 aromatic heterocycles. The molecular weight excluding hydrogens is 903 g/mol. The number of carbonyl (C=O) groups excluding carboxylic acids is 4. The molecule has 0 aliphatic rings. The average molecular weight is 949 g/mol. The van der Waals surface area contributed by atoms with Crippen LogP contribution in [-0.4, -0.2) is 87.9 Å². The van der Waals surface area contributed by atoms with E-state index in [-0.39, 0.29) is 113 Å². The quantitative estimate of drug-likeness (QED) is 0.0252. The number of aliphatic carboxylic acids is 4. The molecule has 0 bridgehead atoms. The average Bonchev–Trinajstić information content (AvgIpc) is 3.85. The number of benzene rings is 2. The smallest absolute Gasteiger partial charge is 0.550 e. The number of rotatable bonds is 20. The zero-order valence-corrected chi connectivity index (χ0v) is 41.3. The molecule has 2 atom stereocenters. The largest absolute Gasteiger partial charge is 1.00 e. The molecule has 0 saturated heterocycles. The molecule has 0 spiro atoms. The Balaban J connectivity index is 0.000000350. The monoisotopic (exact) mass is 948 g/mol. The van der Waals surface area contributed by atoms with E-state index in [1.165, 1.54) is 0 Å². The van der Waals surface area contributed by atoms with Crippen LogP contribution in [0.1, 0.15) is 68.7 Å². The van der Waals surface area contributed by atoms with Gasteiger partial charge in [-0.1, -0.05) is 48.6 Å². The Labute approximate surface area is 432 Å². The summed E-state index contributed by atoms with van der Waals surface area (Å²) < 4.78 is 0. The molecule has 14 N–H and O–H groups in total. The van der Waals surface area contributed by atoms with Crippen LogP contribution in [0.2, 0.25) is 0 Å². The molecule has 24 heteroatoms. The third kappa shape index (κ3) is 15.6. The summed E-state index contributed by atoms with van der Waals surface area (Å²) in [6.07, 6.45) is 4.87. The van der Waals surface area contributed by atoms with E-state index in [4.69, 9.17) is 28.0 Å². The Bertz CT molecular complexity index is 2640. The van der Waals surface area contributed by atoms with Crippen LogP contribution in [-0.2, 0) is 44.9 Å². The van der Waals surface area contributed by atoms with Crippen LogP contribution in [0.5, 0.6) is 0 Å². The molecule has 4 heterocycles. The molecule has 2 amide bonds. The molecule has 344 valence electrons. The van der Waals surface area contributed by atoms with E-state index in [1.807, 2.05) is 0 Å². The number of nitrogen functional groups attached to an aromatic ring is 4. The van der Waals surface area contributed by atoms with Gasteiger partial charge in [0.2, 0.25) is 11.9 Å². The minimum absolute atomic E-state index is 0. The van der Waals surface area contributed by atoms with Gasteiger partial charge < -0.3 is 73.6 Å². The van der Waals surface area contributed by atoms with E-state index >= 15 is 0 Å². The molecule has 6 aromatic rings. The molecule has 0 saturated carbocycles. The zero-order valence-electron chi connectivity index (χ0n) is 37.3. The van der Waals surface area contributed by atoms with Crippen molar-refractivity contribution in [2.75, 3.05) is 22.9 Å². The number of nitrogens with two attached hydrogens (primary N) is 4. The molecule has 22 nitrogen and oxygen atoms in total. The number of carboxylic acids is 4. The first-order valence-electron chi connectivity index (χ1n) is 20.0. The summed E-state index contributed by atoms with van der Waals surface area (Å²) in [5.41, 5.74) is 28.9. The summed E-state index contributed by atoms with van der Waals surface area (Å²) in [7, 11) is 0. The fourth-order valence-electron chi connectivity index (χ4n) is 6.90. The second-order valence-electron chi connectivity index (χ2n) is 15.1. The van der Waals surface area contributed by atoms with Crippen molar-refractivity contribution in [3.63, 3.8) is 0 Å². The zero-order chi connectivity index (χ0) is 48.2. The maximum Gasteiger partial charge on any atom is 1.00 e. The van der Waals surface area contributed by atoms with Gasteiger partial charge in [0.15, 0.2) is 0 Å². The van der Waals surface area contributed by atoms with E-state index in [2.05, 4.69) is 53.7 Å². The summed E-state index contributed by atoms with van der Waals surface area (Å²) in [6, 6.07) is 10.7. The van der Waals surface area contributed by atoms with Crippen LogP contribution >= 0.6 is 0 Å². The fourth-order valence-corrected chi connectivity index (χ4v) is 6.90. The number of anilines is 4. The van der Waals surface area contributed by atoms with Crippen molar-refractivity contribution in [3.8, 4) is 0 Å². The van der Waals surface area contributed by atoms with Crippen molar-refractivity contribution in [2.24, 2.45) is 0 Å². The normalized spacial score (nSPS) is 11.4. The topological polar surface area (TPSA) is 400 Å². The predicted molar refractivity (Wildman–Crippen MR) is 238 cm³/mol. The van der Waals surface area contributed by atoms with E-state index in [1.54, 1.807) is 60.9 Å². The van der Waals surface area contributed by atoms with Gasteiger partial charge in [-0.05, 0) is 85.0 Å². The maximum atomic E-state index is 12.5. The number of aromatic nitrogens is 6. The van der Waals surface area contributed by atoms with Gasteiger partial charge in [-0.15, -0.1) is 0 Å². The van der Waals surface area contributed by atoms with Gasteiger partial charge in [0.05, 0.1) is 29.2 Å². The molecule has 0 aliphatic carbocycles. The number of carboxylic acid groups (broad SMARTS) is 4. The molecule has 6 rings (SSSR count). The van der Waals surface area contributed by atoms with E-state index < -0.39 is 54.2 Å². The fraction of sp³-hybridized carbons (Fsp3) is 0.227. The van der Waals surface area contributed by atoms with Crippen molar-refractivity contribution in [1.29, 1.82) is 0 Å². The van der Waals surface area contributed by atoms with E-state index in [9.17, 15) is 44.1 Å². The van der Waals surface area contributed by atoms with Crippen LogP contribution in [0.3, 0.4) is 0 Å². The third-order valence-electron chi connectivity index (χ3n) is 10.1. The molecule has 2 aromatic carbocycles. The van der Waals surface area contributed by atoms with Gasteiger partial charge in [0, 0.05) is 35.9 Å². The SMILES string of the molecule is C=C(CC(=O)O)CC(NC(=O)c1ccc(CCc2c[nH]c3nc(N)nc(N)c23)cc1)C(=O)O.C=C(CC(=O)[O-])CC(NC(=O)c1ccc(CCc2c[nH]c3nc(N)nc(N)c23)cc1)C(=O)[O-].[Na+].[Na+]. The number of aromatic amines is 2. The number of hydrogen-bond donors (Lipinski definition) is 10. The van der Waals surface area contributed by atoms with Crippen molar-refractivity contribution in [3.05, 3.63) is 119 Å². The number of fused-ring (bicyclic) bond motifs is 2. The molecular formula is C44H46N12Na2O10. The summed E-state index contributed by atoms with van der Waals surface area (Å²) in [5.74, 6) is -5.72. The molecule has 68 heavy (non-hydrogen) atoms. The van der Waals surface area contributed by atoms with Gasteiger partial charge in [0.1, 0.15) is 29.0 Å². The van der Waals surface area contributed by atoms with Crippen LogP contribution in [0.25, 0.3) is 22.1 Å². The number of nitrogens with zero attached hydrogens (tertiary/aromatic N) is 4. The number of hydrogen-bond acceptors (Lipinski definition) is 16. The van der Waals surface area contributed by atoms with Gasteiger partial charge >= 0.3 is 71.1 Å². The minimum atomic E-state index is -1.54. The first-order chi connectivity index (χ1) is 31.3. The number of nitrogens with one attached hydrogen (secondary N) is 4. The van der Waals surface area contributed by atoms with Crippen LogP contribution in [0.15, 0.2) is 85.2 Å². The molecule has 0 fully saturated rings. The number of aryl methyl sites for hydroxylation is 4. The van der Waals surface area contributed by atoms with Crippen molar-refractivity contribution in [1.82, 2.24) is 40.5 Å². The number of carbonyl (C=O) groups is 6. The van der Waals surface area contributed by atoms with Gasteiger partial charge in [0.25, 0.3) is 11.8 Å². The molecule has 0 aliphatic heterocycles. The summed E-state index contributed by atoms with van der Waals surface area (Å²) in [5, 5.41) is 46.2. The molecule has 2 unspecified atom stereocenters. The van der Waals surface area contributed by atoms with E-state index in [0.717, 1.165) is 27.6 Å². The Morgan fingerprint density at radius 2 is 1.00 bits per heavy atom. The molecule has 0 radical (unpaired) electrons. The standard InChI is InChI=1S/2C22H24N6O5.2Na/c2*1-11(9-16(29)30)8-15(21(32)33)26-20(31)13-5-2-12(3-6-13)4-7-14-10-25-19-17(14)18(23)27-22(24)28-19;;/h2*2-3,5-6,10,15H,1,4,7-9H2,(H,26,31)(H,29,30)(H,32,33)(H5,23,24,25,27,28);;/q;;2*+1/p-2. The predicted octanol–water partition coefficient (Wildman–Crippen LogP) is -5.64. The summed E-state index contributed by atoms with van der Waals surface area (Å²) >= 11 is 0. The first kappa shape index (κ1) is 55.5. The summed E-state index contributed by atoms with van der Waals surface area (Å²) in [4.78, 5) is 91.3. The Morgan fingerprint density at radius 3 is 1.38 bits per heavy atom. The second kappa shape index (κ2) is 25.4. The number of H-pyrrole nitrogens is 2. The van der Waals surface area contributed by atoms with Crippen LogP contribution < -0.4 is 103 Å². The Hall–Kier alpha value is -6.82. The van der Waals surface area contributed by atoms with Crippen molar-refractivity contribution in [2.45, 2.75) is 63.5 Å². The van der Waals surface area contributed by atoms with Gasteiger partial charge in [-0.3, -0.25) is 14.4 Å². The van der Waals surface area contributed by atoms with Crippen molar-refractivity contribution < 1.29 is 108 Å². The summed E-state index contributed by atoms with van der Waals surface area (Å²) in [6.45, 7) is 7.05. The third-order valence-corrected chi connectivity index (χ3v) is 10.1. The maximum absolute atomic E-state index is 12.5. The minimum Gasteiger partial charge on any atom is -0.550 e. The Morgan fingerprint density at radius 1 is 0.603 bits per heavy atom. The number of amides is 2.